The number of aryl methyl sites for hydroxylation is 1. The van der Waals surface area contributed by atoms with Gasteiger partial charge in [-0.15, -0.1) is 11.3 Å². The molecule has 2 aromatic rings. The van der Waals surface area contributed by atoms with E-state index in [1.165, 1.54) is 6.33 Å². The summed E-state index contributed by atoms with van der Waals surface area (Å²) in [4.78, 5) is 22.0. The number of carboxylic acids is 1. The molecule has 2 heterocycles. The maximum absolute atomic E-state index is 11.4. The predicted octanol–water partition coefficient (Wildman–Crippen LogP) is 3.55. The van der Waals surface area contributed by atoms with E-state index in [2.05, 4.69) is 15.3 Å². The first kappa shape index (κ1) is 15.7. The van der Waals surface area contributed by atoms with Crippen LogP contribution in [0.1, 0.15) is 32.1 Å². The summed E-state index contributed by atoms with van der Waals surface area (Å²) in [6.45, 7) is 8.54. The monoisotopic (exact) mass is 307 g/mol. The third kappa shape index (κ3) is 4.14. The maximum Gasteiger partial charge on any atom is 0.308 e. The van der Waals surface area contributed by atoms with Crippen LogP contribution in [0, 0.1) is 18.3 Å². The Morgan fingerprint density at radius 3 is 2.76 bits per heavy atom. The quantitative estimate of drug-likeness (QED) is 0.883. The molecule has 0 fully saturated rings. The topological polar surface area (TPSA) is 75.1 Å². The first-order valence-corrected chi connectivity index (χ1v) is 7.76. The van der Waals surface area contributed by atoms with Crippen LogP contribution in [-0.4, -0.2) is 27.6 Å². The Kier molecular flexibility index (Phi) is 4.46. The van der Waals surface area contributed by atoms with Crippen molar-refractivity contribution < 1.29 is 9.90 Å². The van der Waals surface area contributed by atoms with Gasteiger partial charge in [-0.3, -0.25) is 4.79 Å². The van der Waals surface area contributed by atoms with Crippen LogP contribution in [0.4, 0.5) is 5.82 Å². The second-order valence-electron chi connectivity index (χ2n) is 6.48. The number of nitrogens with zero attached hydrogens (tertiary/aromatic N) is 2. The van der Waals surface area contributed by atoms with E-state index in [9.17, 15) is 9.90 Å². The van der Waals surface area contributed by atoms with E-state index in [0.29, 0.717) is 18.8 Å². The number of fused-ring (bicyclic) bond motifs is 1. The Labute approximate surface area is 128 Å². The fourth-order valence-electron chi connectivity index (χ4n) is 2.32. The van der Waals surface area contributed by atoms with Gasteiger partial charge < -0.3 is 10.4 Å². The Morgan fingerprint density at radius 1 is 1.43 bits per heavy atom. The van der Waals surface area contributed by atoms with E-state index in [4.69, 9.17) is 0 Å². The molecule has 2 N–H and O–H groups in total. The van der Waals surface area contributed by atoms with Crippen molar-refractivity contribution in [1.29, 1.82) is 0 Å². The molecule has 0 saturated heterocycles. The molecule has 5 nitrogen and oxygen atoms in total. The van der Waals surface area contributed by atoms with Crippen molar-refractivity contribution in [3.8, 4) is 0 Å². The summed E-state index contributed by atoms with van der Waals surface area (Å²) in [7, 11) is 0. The third-order valence-corrected chi connectivity index (χ3v) is 4.14. The summed E-state index contributed by atoms with van der Waals surface area (Å²) in [5, 5.41) is 13.5. The molecule has 21 heavy (non-hydrogen) atoms. The van der Waals surface area contributed by atoms with Gasteiger partial charge in [-0.25, -0.2) is 9.97 Å². The van der Waals surface area contributed by atoms with Gasteiger partial charge >= 0.3 is 5.97 Å². The fraction of sp³-hybridized carbons (Fsp3) is 0.533. The summed E-state index contributed by atoms with van der Waals surface area (Å²) >= 11 is 1.61. The van der Waals surface area contributed by atoms with Gasteiger partial charge in [-0.05, 0) is 24.8 Å². The molecule has 6 heteroatoms. The number of nitrogens with one attached hydrogen (secondary N) is 1. The predicted molar refractivity (Wildman–Crippen MR) is 85.8 cm³/mol. The number of hydrogen-bond acceptors (Lipinski definition) is 5. The van der Waals surface area contributed by atoms with Crippen LogP contribution in [0.3, 0.4) is 0 Å². The van der Waals surface area contributed by atoms with Crippen molar-refractivity contribution >= 4 is 33.3 Å². The minimum atomic E-state index is -0.774. The largest absolute Gasteiger partial charge is 0.481 e. The van der Waals surface area contributed by atoms with Crippen LogP contribution >= 0.6 is 11.3 Å². The van der Waals surface area contributed by atoms with Crippen molar-refractivity contribution in [2.45, 2.75) is 34.1 Å². The van der Waals surface area contributed by atoms with Crippen molar-refractivity contribution in [3.63, 3.8) is 0 Å². The normalized spacial score (nSPS) is 13.3. The van der Waals surface area contributed by atoms with Gasteiger partial charge in [0.15, 0.2) is 0 Å². The van der Waals surface area contributed by atoms with E-state index in [1.54, 1.807) is 11.3 Å². The van der Waals surface area contributed by atoms with Crippen molar-refractivity contribution in [3.05, 3.63) is 17.3 Å². The molecule has 1 atom stereocenters. The molecule has 0 spiro atoms. The smallest absolute Gasteiger partial charge is 0.308 e. The van der Waals surface area contributed by atoms with Gasteiger partial charge in [0.25, 0.3) is 0 Å². The molecule has 0 aliphatic rings. The summed E-state index contributed by atoms with van der Waals surface area (Å²) in [5.74, 6) is -0.497. The number of carboxylic acid groups (broad SMARTS) is 1. The lowest BCUT2D eigenvalue weighted by molar-refractivity contribution is -0.142. The average molecular weight is 307 g/mol. The van der Waals surface area contributed by atoms with E-state index in [-0.39, 0.29) is 5.41 Å². The van der Waals surface area contributed by atoms with Gasteiger partial charge in [0.1, 0.15) is 17.0 Å². The number of carbonyl (C=O) groups is 1. The number of thiophene rings is 1. The Hall–Kier alpha value is -1.69. The second kappa shape index (κ2) is 5.97. The summed E-state index contributed by atoms with van der Waals surface area (Å²) < 4.78 is 0. The van der Waals surface area contributed by atoms with Gasteiger partial charge in [0.2, 0.25) is 0 Å². The summed E-state index contributed by atoms with van der Waals surface area (Å²) in [6.07, 6.45) is 2.13. The molecule has 0 aliphatic carbocycles. The first-order valence-electron chi connectivity index (χ1n) is 6.94. The Morgan fingerprint density at radius 2 is 2.14 bits per heavy atom. The average Bonchev–Trinajstić information content (AvgIpc) is 2.73. The molecule has 2 rings (SSSR count). The lowest BCUT2D eigenvalue weighted by Crippen LogP contribution is -2.27. The molecule has 114 valence electrons. The van der Waals surface area contributed by atoms with Crippen molar-refractivity contribution in [2.75, 3.05) is 11.9 Å². The Bertz CT molecular complexity index is 646. The van der Waals surface area contributed by atoms with Crippen LogP contribution in [0.15, 0.2) is 12.4 Å². The first-order chi connectivity index (χ1) is 9.76. The van der Waals surface area contributed by atoms with E-state index >= 15 is 0 Å². The molecule has 0 bridgehead atoms. The SMILES string of the molecule is Cc1cc2c(NCC(CC(C)(C)C)C(=O)O)ncnc2s1. The van der Waals surface area contributed by atoms with Crippen LogP contribution in [0.2, 0.25) is 0 Å². The molecule has 2 aromatic heterocycles. The zero-order valence-corrected chi connectivity index (χ0v) is 13.6. The molecule has 1 unspecified atom stereocenters. The van der Waals surface area contributed by atoms with Gasteiger partial charge in [-0.1, -0.05) is 20.8 Å². The molecule has 0 saturated carbocycles. The maximum atomic E-state index is 11.4. The van der Waals surface area contributed by atoms with Gasteiger partial charge in [-0.2, -0.15) is 0 Å². The zero-order chi connectivity index (χ0) is 15.6. The van der Waals surface area contributed by atoms with Crippen molar-refractivity contribution in [1.82, 2.24) is 9.97 Å². The minimum Gasteiger partial charge on any atom is -0.481 e. The third-order valence-electron chi connectivity index (χ3n) is 3.18. The zero-order valence-electron chi connectivity index (χ0n) is 12.8. The molecule has 0 radical (unpaired) electrons. The van der Waals surface area contributed by atoms with Crippen LogP contribution in [0.25, 0.3) is 10.2 Å². The highest BCUT2D eigenvalue weighted by Crippen LogP contribution is 2.29. The van der Waals surface area contributed by atoms with Gasteiger partial charge in [0, 0.05) is 11.4 Å². The lowest BCUT2D eigenvalue weighted by atomic mass is 9.84. The lowest BCUT2D eigenvalue weighted by Gasteiger charge is -2.23. The van der Waals surface area contributed by atoms with E-state index in [0.717, 1.165) is 15.1 Å². The minimum absolute atomic E-state index is 0.0231. The van der Waals surface area contributed by atoms with E-state index in [1.807, 2.05) is 33.8 Å². The second-order valence-corrected chi connectivity index (χ2v) is 7.71. The van der Waals surface area contributed by atoms with Gasteiger partial charge in [0.05, 0.1) is 11.3 Å². The number of rotatable bonds is 5. The standard InChI is InChI=1S/C15H21N3O2S/c1-9-5-11-12(17-8-18-13(11)21-9)16-7-10(14(19)20)6-15(2,3)4/h5,8,10H,6-7H2,1-4H3,(H,19,20)(H,16,17,18). The summed E-state index contributed by atoms with van der Waals surface area (Å²) in [5.41, 5.74) is -0.0231. The highest BCUT2D eigenvalue weighted by molar-refractivity contribution is 7.18. The van der Waals surface area contributed by atoms with Crippen LogP contribution < -0.4 is 5.32 Å². The van der Waals surface area contributed by atoms with Crippen molar-refractivity contribution in [2.24, 2.45) is 11.3 Å². The molecular weight excluding hydrogens is 286 g/mol. The Balaban J connectivity index is 2.14. The number of hydrogen-bond donors (Lipinski definition) is 2. The number of aliphatic carboxylic acids is 1. The van der Waals surface area contributed by atoms with Crippen LogP contribution in [-0.2, 0) is 4.79 Å². The molecule has 0 amide bonds. The van der Waals surface area contributed by atoms with E-state index < -0.39 is 11.9 Å². The molecular formula is C15H21N3O2S. The number of aromatic nitrogens is 2. The fourth-order valence-corrected chi connectivity index (χ4v) is 3.17. The number of anilines is 1. The highest BCUT2D eigenvalue weighted by Gasteiger charge is 2.24. The molecule has 0 aliphatic heterocycles. The highest BCUT2D eigenvalue weighted by atomic mass is 32.1. The summed E-state index contributed by atoms with van der Waals surface area (Å²) in [6, 6.07) is 2.03. The molecule has 0 aromatic carbocycles. The van der Waals surface area contributed by atoms with Crippen LogP contribution in [0.5, 0.6) is 0 Å².